The first-order chi connectivity index (χ1) is 10.3. The van der Waals surface area contributed by atoms with E-state index in [0.29, 0.717) is 12.0 Å². The third kappa shape index (κ3) is 2.45. The summed E-state index contributed by atoms with van der Waals surface area (Å²) < 4.78 is 7.92. The molecule has 112 valence electrons. The Labute approximate surface area is 124 Å². The van der Waals surface area contributed by atoms with Crippen LogP contribution in [-0.4, -0.2) is 52.8 Å². The molecule has 2 aliphatic rings. The summed E-state index contributed by atoms with van der Waals surface area (Å²) in [4.78, 5) is 11.9. The molecule has 2 aliphatic heterocycles. The van der Waals surface area contributed by atoms with Crippen LogP contribution in [0.5, 0.6) is 0 Å². The van der Waals surface area contributed by atoms with Gasteiger partial charge in [0.2, 0.25) is 0 Å². The Hall–Kier alpha value is -1.46. The lowest BCUT2D eigenvalue weighted by atomic mass is 10.0. The minimum absolute atomic E-state index is 0.507. The number of aromatic nitrogens is 3. The van der Waals surface area contributed by atoms with Gasteiger partial charge in [-0.25, -0.2) is 9.97 Å². The maximum atomic E-state index is 5.52. The van der Waals surface area contributed by atoms with Crippen LogP contribution in [0.4, 0.5) is 0 Å². The molecule has 0 radical (unpaired) electrons. The Morgan fingerprint density at radius 2 is 2.33 bits per heavy atom. The van der Waals surface area contributed by atoms with Crippen LogP contribution in [0.25, 0.3) is 11.2 Å². The van der Waals surface area contributed by atoms with Crippen LogP contribution in [0, 0.1) is 5.92 Å². The van der Waals surface area contributed by atoms with Crippen LogP contribution < -0.4 is 0 Å². The Balaban J connectivity index is 1.73. The number of ether oxygens (including phenoxy) is 1. The first kappa shape index (κ1) is 13.2. The molecule has 5 heteroatoms. The van der Waals surface area contributed by atoms with Gasteiger partial charge in [-0.05, 0) is 44.5 Å². The Bertz CT molecular complexity index is 632. The molecule has 4 rings (SSSR count). The number of imidazole rings is 1. The third-order valence-electron chi connectivity index (χ3n) is 4.75. The highest BCUT2D eigenvalue weighted by Crippen LogP contribution is 2.28. The smallest absolute Gasteiger partial charge is 0.160 e. The van der Waals surface area contributed by atoms with Gasteiger partial charge in [-0.3, -0.25) is 0 Å². The second-order valence-electron chi connectivity index (χ2n) is 6.38. The van der Waals surface area contributed by atoms with Crippen molar-refractivity contribution < 1.29 is 4.74 Å². The highest BCUT2D eigenvalue weighted by atomic mass is 16.5. The second-order valence-corrected chi connectivity index (χ2v) is 6.38. The van der Waals surface area contributed by atoms with Crippen molar-refractivity contribution in [2.24, 2.45) is 5.92 Å². The predicted molar refractivity (Wildman–Crippen MR) is 81.3 cm³/mol. The summed E-state index contributed by atoms with van der Waals surface area (Å²) >= 11 is 0. The summed E-state index contributed by atoms with van der Waals surface area (Å²) in [6, 6.07) is 4.56. The minimum Gasteiger partial charge on any atom is -0.381 e. The van der Waals surface area contributed by atoms with Crippen molar-refractivity contribution in [3.63, 3.8) is 0 Å². The van der Waals surface area contributed by atoms with Gasteiger partial charge in [-0.1, -0.05) is 0 Å². The summed E-state index contributed by atoms with van der Waals surface area (Å²) in [7, 11) is 2.19. The number of likely N-dealkylation sites (tertiary alicyclic amines) is 1. The fourth-order valence-corrected chi connectivity index (χ4v) is 3.63. The van der Waals surface area contributed by atoms with Crippen LogP contribution in [0.3, 0.4) is 0 Å². The van der Waals surface area contributed by atoms with Crippen LogP contribution >= 0.6 is 0 Å². The number of fused-ring (bicyclic) bond motifs is 1. The number of hydrogen-bond donors (Lipinski definition) is 0. The highest BCUT2D eigenvalue weighted by molar-refractivity contribution is 5.71. The van der Waals surface area contributed by atoms with E-state index >= 15 is 0 Å². The van der Waals surface area contributed by atoms with E-state index < -0.39 is 0 Å². The van der Waals surface area contributed by atoms with E-state index in [1.807, 2.05) is 12.3 Å². The lowest BCUT2D eigenvalue weighted by Gasteiger charge is -2.17. The van der Waals surface area contributed by atoms with Crippen molar-refractivity contribution in [3.05, 3.63) is 24.2 Å². The van der Waals surface area contributed by atoms with Gasteiger partial charge < -0.3 is 14.2 Å². The molecular formula is C16H22N4O. The Morgan fingerprint density at radius 1 is 1.38 bits per heavy atom. The predicted octanol–water partition coefficient (Wildman–Crippen LogP) is 1.89. The molecule has 0 N–H and O–H groups in total. The molecule has 4 heterocycles. The zero-order chi connectivity index (χ0) is 14.2. The lowest BCUT2D eigenvalue weighted by Crippen LogP contribution is -2.19. The SMILES string of the molecule is CN1CCC(n2c(CC3CCOC3)nc3cccnc32)C1. The summed E-state index contributed by atoms with van der Waals surface area (Å²) in [5.41, 5.74) is 2.08. The third-order valence-corrected chi connectivity index (χ3v) is 4.75. The molecular weight excluding hydrogens is 264 g/mol. The fraction of sp³-hybridized carbons (Fsp3) is 0.625. The van der Waals surface area contributed by atoms with E-state index in [9.17, 15) is 0 Å². The van der Waals surface area contributed by atoms with Gasteiger partial charge in [-0.2, -0.15) is 0 Å². The van der Waals surface area contributed by atoms with Crippen molar-refractivity contribution in [3.8, 4) is 0 Å². The quantitative estimate of drug-likeness (QED) is 0.864. The van der Waals surface area contributed by atoms with Gasteiger partial charge >= 0.3 is 0 Å². The lowest BCUT2D eigenvalue weighted by molar-refractivity contribution is 0.185. The molecule has 2 unspecified atom stereocenters. The standard InChI is InChI=1S/C16H22N4O/c1-19-7-4-13(10-19)20-15(9-12-5-8-21-11-12)18-14-3-2-6-17-16(14)20/h2-3,6,12-13H,4-5,7-11H2,1H3. The Morgan fingerprint density at radius 3 is 3.10 bits per heavy atom. The Kier molecular flexibility index (Phi) is 3.39. The molecule has 2 saturated heterocycles. The molecule has 2 fully saturated rings. The zero-order valence-electron chi connectivity index (χ0n) is 12.5. The number of rotatable bonds is 3. The first-order valence-electron chi connectivity index (χ1n) is 7.89. The maximum absolute atomic E-state index is 5.52. The van der Waals surface area contributed by atoms with Gasteiger partial charge in [0.1, 0.15) is 11.3 Å². The minimum atomic E-state index is 0.507. The number of hydrogen-bond acceptors (Lipinski definition) is 4. The molecule has 0 amide bonds. The molecule has 0 saturated carbocycles. The maximum Gasteiger partial charge on any atom is 0.160 e. The molecule has 21 heavy (non-hydrogen) atoms. The first-order valence-corrected chi connectivity index (χ1v) is 7.89. The normalized spacial score (nSPS) is 26.9. The molecule has 0 aliphatic carbocycles. The van der Waals surface area contributed by atoms with E-state index in [4.69, 9.17) is 9.72 Å². The van der Waals surface area contributed by atoms with Gasteiger partial charge in [0.15, 0.2) is 5.65 Å². The van der Waals surface area contributed by atoms with Crippen molar-refractivity contribution in [1.82, 2.24) is 19.4 Å². The van der Waals surface area contributed by atoms with E-state index in [1.54, 1.807) is 0 Å². The molecule has 2 aromatic rings. The van der Waals surface area contributed by atoms with Gasteiger partial charge in [-0.15, -0.1) is 0 Å². The van der Waals surface area contributed by atoms with Gasteiger partial charge in [0.05, 0.1) is 6.04 Å². The van der Waals surface area contributed by atoms with Crippen molar-refractivity contribution in [2.75, 3.05) is 33.4 Å². The number of pyridine rings is 1. The van der Waals surface area contributed by atoms with E-state index in [2.05, 4.69) is 27.6 Å². The molecule has 0 bridgehead atoms. The summed E-state index contributed by atoms with van der Waals surface area (Å²) in [6.07, 6.45) is 5.23. The van der Waals surface area contributed by atoms with Crippen molar-refractivity contribution in [2.45, 2.75) is 25.3 Å². The van der Waals surface area contributed by atoms with Crippen LogP contribution in [0.1, 0.15) is 24.7 Å². The topological polar surface area (TPSA) is 43.2 Å². The zero-order valence-corrected chi connectivity index (χ0v) is 12.5. The molecule has 5 nitrogen and oxygen atoms in total. The fourth-order valence-electron chi connectivity index (χ4n) is 3.63. The molecule has 2 aromatic heterocycles. The number of nitrogens with zero attached hydrogens (tertiary/aromatic N) is 4. The second kappa shape index (κ2) is 5.39. The average Bonchev–Trinajstić information content (AvgIpc) is 3.18. The van der Waals surface area contributed by atoms with Gasteiger partial charge in [0.25, 0.3) is 0 Å². The summed E-state index contributed by atoms with van der Waals surface area (Å²) in [5, 5.41) is 0. The summed E-state index contributed by atoms with van der Waals surface area (Å²) in [6.45, 7) is 4.02. The largest absolute Gasteiger partial charge is 0.381 e. The summed E-state index contributed by atoms with van der Waals surface area (Å²) in [5.74, 6) is 1.80. The molecule has 0 spiro atoms. The van der Waals surface area contributed by atoms with Gasteiger partial charge in [0, 0.05) is 32.4 Å². The number of likely N-dealkylation sites (N-methyl/N-ethyl adjacent to an activating group) is 1. The van der Waals surface area contributed by atoms with E-state index in [0.717, 1.165) is 50.3 Å². The van der Waals surface area contributed by atoms with E-state index in [-0.39, 0.29) is 0 Å². The van der Waals surface area contributed by atoms with E-state index in [1.165, 1.54) is 12.2 Å². The van der Waals surface area contributed by atoms with Crippen LogP contribution in [-0.2, 0) is 11.2 Å². The van der Waals surface area contributed by atoms with Crippen molar-refractivity contribution in [1.29, 1.82) is 0 Å². The van der Waals surface area contributed by atoms with Crippen LogP contribution in [0.2, 0.25) is 0 Å². The van der Waals surface area contributed by atoms with Crippen LogP contribution in [0.15, 0.2) is 18.3 Å². The molecule has 2 atom stereocenters. The monoisotopic (exact) mass is 286 g/mol. The van der Waals surface area contributed by atoms with Crippen molar-refractivity contribution >= 4 is 11.2 Å². The highest BCUT2D eigenvalue weighted by Gasteiger charge is 2.27. The average molecular weight is 286 g/mol. The molecule has 0 aromatic carbocycles.